The van der Waals surface area contributed by atoms with Crippen LogP contribution in [0, 0.1) is 9.39 Å². The maximum atomic E-state index is 13.3. The van der Waals surface area contributed by atoms with Gasteiger partial charge in [-0.15, -0.1) is 0 Å². The minimum absolute atomic E-state index is 0.0772. The van der Waals surface area contributed by atoms with Crippen LogP contribution in [0.2, 0.25) is 0 Å². The summed E-state index contributed by atoms with van der Waals surface area (Å²) in [5.41, 5.74) is 3.57. The lowest BCUT2D eigenvalue weighted by Crippen LogP contribution is -2.23. The molecule has 0 aromatic heterocycles. The fourth-order valence-electron chi connectivity index (χ4n) is 2.73. The lowest BCUT2D eigenvalue weighted by Gasteiger charge is -2.21. The smallest absolute Gasteiger partial charge is 0.124 e. The van der Waals surface area contributed by atoms with Crippen LogP contribution in [0.25, 0.3) is 0 Å². The molecule has 0 amide bonds. The van der Waals surface area contributed by atoms with Crippen LogP contribution in [0.3, 0.4) is 0 Å². The van der Waals surface area contributed by atoms with E-state index in [0.29, 0.717) is 0 Å². The second kappa shape index (κ2) is 6.32. The van der Waals surface area contributed by atoms with E-state index < -0.39 is 0 Å². The normalized spacial score (nSPS) is 14.6. The van der Waals surface area contributed by atoms with Crippen molar-refractivity contribution >= 4 is 22.6 Å². The third-order valence-electron chi connectivity index (χ3n) is 3.73. The summed E-state index contributed by atoms with van der Waals surface area (Å²) >= 11 is 2.20. The molecule has 1 aliphatic heterocycles. The van der Waals surface area contributed by atoms with Crippen molar-refractivity contribution in [3.05, 3.63) is 62.5 Å². The monoisotopic (exact) mass is 397 g/mol. The number of hydrogen-bond acceptors (Lipinski definition) is 2. The Morgan fingerprint density at radius 2 is 2.14 bits per heavy atom. The molecule has 1 N–H and O–H groups in total. The van der Waals surface area contributed by atoms with Gasteiger partial charge in [0.25, 0.3) is 0 Å². The lowest BCUT2D eigenvalue weighted by atomic mass is 9.96. The Morgan fingerprint density at radius 3 is 2.90 bits per heavy atom. The molecule has 4 heteroatoms. The molecule has 3 rings (SSSR count). The average molecular weight is 397 g/mol. The van der Waals surface area contributed by atoms with Crippen molar-refractivity contribution in [3.63, 3.8) is 0 Å². The van der Waals surface area contributed by atoms with E-state index in [0.717, 1.165) is 34.5 Å². The van der Waals surface area contributed by atoms with Gasteiger partial charge in [-0.2, -0.15) is 0 Å². The summed E-state index contributed by atoms with van der Waals surface area (Å²) in [7, 11) is 0. The molecule has 2 nitrogen and oxygen atoms in total. The van der Waals surface area contributed by atoms with Gasteiger partial charge in [0.2, 0.25) is 0 Å². The van der Waals surface area contributed by atoms with Gasteiger partial charge in [-0.25, -0.2) is 4.39 Å². The zero-order valence-electron chi connectivity index (χ0n) is 11.8. The third kappa shape index (κ3) is 3.06. The van der Waals surface area contributed by atoms with Crippen LogP contribution in [-0.4, -0.2) is 13.2 Å². The Labute approximate surface area is 137 Å². The first-order valence-corrected chi connectivity index (χ1v) is 8.21. The van der Waals surface area contributed by atoms with Crippen LogP contribution < -0.4 is 10.1 Å². The van der Waals surface area contributed by atoms with Crippen LogP contribution in [0.5, 0.6) is 5.75 Å². The average Bonchev–Trinajstić information content (AvgIpc) is 2.93. The fourth-order valence-corrected chi connectivity index (χ4v) is 3.52. The first-order chi connectivity index (χ1) is 10.2. The van der Waals surface area contributed by atoms with Crippen LogP contribution in [0.1, 0.15) is 29.7 Å². The van der Waals surface area contributed by atoms with Crippen molar-refractivity contribution < 1.29 is 9.13 Å². The summed E-state index contributed by atoms with van der Waals surface area (Å²) in [5.74, 6) is 0.795. The summed E-state index contributed by atoms with van der Waals surface area (Å²) in [4.78, 5) is 0. The van der Waals surface area contributed by atoms with Gasteiger partial charge in [-0.3, -0.25) is 0 Å². The van der Waals surface area contributed by atoms with E-state index in [1.165, 1.54) is 17.2 Å². The highest BCUT2D eigenvalue weighted by Gasteiger charge is 2.19. The molecule has 21 heavy (non-hydrogen) atoms. The highest BCUT2D eigenvalue weighted by Crippen LogP contribution is 2.32. The van der Waals surface area contributed by atoms with E-state index in [4.69, 9.17) is 4.74 Å². The topological polar surface area (TPSA) is 21.3 Å². The van der Waals surface area contributed by atoms with Crippen LogP contribution >= 0.6 is 22.6 Å². The number of hydrogen-bond donors (Lipinski definition) is 1. The van der Waals surface area contributed by atoms with Crippen LogP contribution in [0.15, 0.2) is 36.4 Å². The Kier molecular flexibility index (Phi) is 4.45. The first kappa shape index (κ1) is 14.8. The molecule has 1 heterocycles. The van der Waals surface area contributed by atoms with Crippen LogP contribution in [0.4, 0.5) is 4.39 Å². The molecule has 2 aromatic rings. The lowest BCUT2D eigenvalue weighted by molar-refractivity contribution is 0.357. The van der Waals surface area contributed by atoms with E-state index in [1.54, 1.807) is 6.07 Å². The van der Waals surface area contributed by atoms with E-state index in [9.17, 15) is 4.39 Å². The fraction of sp³-hybridized carbons (Fsp3) is 0.294. The van der Waals surface area contributed by atoms with Crippen molar-refractivity contribution in [3.8, 4) is 5.75 Å². The van der Waals surface area contributed by atoms with Gasteiger partial charge in [0, 0.05) is 9.99 Å². The molecule has 110 valence electrons. The molecule has 0 saturated carbocycles. The van der Waals surface area contributed by atoms with Crippen molar-refractivity contribution in [2.45, 2.75) is 19.4 Å². The van der Waals surface area contributed by atoms with Gasteiger partial charge in [0.05, 0.1) is 12.6 Å². The van der Waals surface area contributed by atoms with Gasteiger partial charge >= 0.3 is 0 Å². The van der Waals surface area contributed by atoms with Crippen molar-refractivity contribution in [2.75, 3.05) is 13.2 Å². The molecular weight excluding hydrogens is 380 g/mol. The molecule has 2 aromatic carbocycles. The molecule has 1 atom stereocenters. The molecule has 0 spiro atoms. The molecule has 0 bridgehead atoms. The largest absolute Gasteiger partial charge is 0.493 e. The Hall–Kier alpha value is -1.14. The van der Waals surface area contributed by atoms with Gasteiger partial charge in [-0.1, -0.05) is 25.1 Å². The number of ether oxygens (including phenoxy) is 1. The van der Waals surface area contributed by atoms with Gasteiger partial charge < -0.3 is 10.1 Å². The quantitative estimate of drug-likeness (QED) is 0.786. The zero-order valence-corrected chi connectivity index (χ0v) is 14.0. The molecule has 0 radical (unpaired) electrons. The summed E-state index contributed by atoms with van der Waals surface area (Å²) in [5, 5.41) is 3.50. The van der Waals surface area contributed by atoms with Gasteiger partial charge in [0.1, 0.15) is 11.6 Å². The second-order valence-corrected chi connectivity index (χ2v) is 6.28. The van der Waals surface area contributed by atoms with E-state index >= 15 is 0 Å². The van der Waals surface area contributed by atoms with Gasteiger partial charge in [-0.05, 0) is 64.0 Å². The minimum Gasteiger partial charge on any atom is -0.493 e. The molecule has 1 aliphatic rings. The third-order valence-corrected chi connectivity index (χ3v) is 4.66. The maximum absolute atomic E-state index is 13.3. The van der Waals surface area contributed by atoms with Crippen molar-refractivity contribution in [2.24, 2.45) is 0 Å². The van der Waals surface area contributed by atoms with Crippen molar-refractivity contribution in [1.29, 1.82) is 0 Å². The highest BCUT2D eigenvalue weighted by atomic mass is 127. The highest BCUT2D eigenvalue weighted by molar-refractivity contribution is 14.1. The summed E-state index contributed by atoms with van der Waals surface area (Å²) < 4.78 is 19.8. The zero-order chi connectivity index (χ0) is 14.8. The Balaban J connectivity index is 2.01. The second-order valence-electron chi connectivity index (χ2n) is 5.12. The number of nitrogens with one attached hydrogen (secondary N) is 1. The predicted molar refractivity (Wildman–Crippen MR) is 90.3 cm³/mol. The number of rotatable bonds is 4. The minimum atomic E-state index is -0.194. The first-order valence-electron chi connectivity index (χ1n) is 7.13. The molecular formula is C17H17FINO. The predicted octanol–water partition coefficient (Wildman–Crippen LogP) is 4.06. The van der Waals surface area contributed by atoms with E-state index in [1.807, 2.05) is 12.1 Å². The molecule has 0 fully saturated rings. The SMILES string of the molecule is CCNC(c1ccc2c(c1)CCO2)c1ccc(F)cc1I. The molecule has 0 saturated heterocycles. The summed E-state index contributed by atoms with van der Waals surface area (Å²) in [6, 6.07) is 11.4. The van der Waals surface area contributed by atoms with Gasteiger partial charge in [0.15, 0.2) is 0 Å². The number of benzene rings is 2. The van der Waals surface area contributed by atoms with Crippen LogP contribution in [-0.2, 0) is 6.42 Å². The Morgan fingerprint density at radius 1 is 1.29 bits per heavy atom. The van der Waals surface area contributed by atoms with E-state index in [2.05, 4.69) is 47.0 Å². The van der Waals surface area contributed by atoms with E-state index in [-0.39, 0.29) is 11.9 Å². The standard InChI is InChI=1S/C17H17FINO/c1-2-20-17(14-5-4-13(18)10-15(14)19)12-3-6-16-11(9-12)7-8-21-16/h3-6,9-10,17,20H,2,7-8H2,1H3. The number of fused-ring (bicyclic) bond motifs is 1. The van der Waals surface area contributed by atoms with Crippen molar-refractivity contribution in [1.82, 2.24) is 5.32 Å². The maximum Gasteiger partial charge on any atom is 0.124 e. The Bertz CT molecular complexity index is 659. The molecule has 0 aliphatic carbocycles. The summed E-state index contributed by atoms with van der Waals surface area (Å²) in [6.45, 7) is 3.70. The summed E-state index contributed by atoms with van der Waals surface area (Å²) in [6.07, 6.45) is 0.961. The molecule has 1 unspecified atom stereocenters. The number of halogens is 2.